The molecule has 0 aliphatic heterocycles. The Bertz CT molecular complexity index is 545. The Morgan fingerprint density at radius 1 is 1.26 bits per heavy atom. The van der Waals surface area contributed by atoms with Crippen LogP contribution < -0.4 is 5.32 Å². The van der Waals surface area contributed by atoms with Gasteiger partial charge in [0.2, 0.25) is 0 Å². The summed E-state index contributed by atoms with van der Waals surface area (Å²) in [5.74, 6) is 0. The molecule has 1 aromatic carbocycles. The molecular formula is C16H23BrN2. The van der Waals surface area contributed by atoms with E-state index in [0.717, 1.165) is 23.9 Å². The smallest absolute Gasteiger partial charge is 0.0460 e. The van der Waals surface area contributed by atoms with Crippen molar-refractivity contribution in [2.75, 3.05) is 6.54 Å². The van der Waals surface area contributed by atoms with Gasteiger partial charge in [0.05, 0.1) is 0 Å². The van der Waals surface area contributed by atoms with Crippen molar-refractivity contribution in [2.45, 2.75) is 46.1 Å². The van der Waals surface area contributed by atoms with E-state index in [1.54, 1.807) is 0 Å². The van der Waals surface area contributed by atoms with Gasteiger partial charge in [0.25, 0.3) is 0 Å². The molecule has 1 atom stereocenters. The predicted octanol–water partition coefficient (Wildman–Crippen LogP) is 4.94. The highest BCUT2D eigenvalue weighted by molar-refractivity contribution is 9.10. The minimum atomic E-state index is 0.443. The quantitative estimate of drug-likeness (QED) is 0.774. The number of rotatable bonds is 6. The minimum Gasteiger partial charge on any atom is -0.358 e. The Labute approximate surface area is 124 Å². The van der Waals surface area contributed by atoms with Gasteiger partial charge in [-0.1, -0.05) is 36.7 Å². The van der Waals surface area contributed by atoms with Crippen LogP contribution in [0.2, 0.25) is 0 Å². The normalized spacial score (nSPS) is 13.1. The van der Waals surface area contributed by atoms with E-state index in [9.17, 15) is 0 Å². The molecule has 0 aliphatic carbocycles. The molecule has 2 aromatic rings. The number of H-pyrrole nitrogens is 1. The Morgan fingerprint density at radius 2 is 2.05 bits per heavy atom. The standard InChI is InChI=1S/C16H23BrN2/c1-4-9-18-13(5-2)16-12-10-11(17)7-8-15(12)19-14(16)6-3/h7-8,10,13,18-19H,4-6,9H2,1-3H3. The summed E-state index contributed by atoms with van der Waals surface area (Å²) in [5.41, 5.74) is 4.06. The van der Waals surface area contributed by atoms with Crippen LogP contribution >= 0.6 is 15.9 Å². The predicted molar refractivity (Wildman–Crippen MR) is 86.7 cm³/mol. The summed E-state index contributed by atoms with van der Waals surface area (Å²) in [6, 6.07) is 6.94. The Morgan fingerprint density at radius 3 is 2.68 bits per heavy atom. The molecule has 0 amide bonds. The molecule has 3 heteroatoms. The number of aryl methyl sites for hydroxylation is 1. The summed E-state index contributed by atoms with van der Waals surface area (Å²) in [5, 5.41) is 5.02. The second kappa shape index (κ2) is 6.58. The fourth-order valence-corrected chi connectivity index (χ4v) is 3.05. The van der Waals surface area contributed by atoms with Crippen molar-refractivity contribution in [1.29, 1.82) is 0 Å². The van der Waals surface area contributed by atoms with Crippen molar-refractivity contribution in [2.24, 2.45) is 0 Å². The van der Waals surface area contributed by atoms with E-state index in [0.29, 0.717) is 6.04 Å². The molecule has 104 valence electrons. The number of halogens is 1. The molecule has 1 unspecified atom stereocenters. The lowest BCUT2D eigenvalue weighted by Gasteiger charge is -2.18. The third kappa shape index (κ3) is 3.03. The van der Waals surface area contributed by atoms with Gasteiger partial charge in [-0.05, 0) is 49.6 Å². The SMILES string of the molecule is CCCNC(CC)c1c(CC)[nH]c2ccc(Br)cc12. The second-order valence-electron chi connectivity index (χ2n) is 4.98. The monoisotopic (exact) mass is 322 g/mol. The van der Waals surface area contributed by atoms with Crippen LogP contribution in [0.1, 0.15) is 50.9 Å². The molecule has 2 N–H and O–H groups in total. The molecule has 0 spiro atoms. The zero-order valence-electron chi connectivity index (χ0n) is 12.0. The maximum atomic E-state index is 3.67. The number of benzene rings is 1. The molecule has 2 rings (SSSR count). The van der Waals surface area contributed by atoms with Crippen LogP contribution in [0, 0.1) is 0 Å². The molecule has 0 radical (unpaired) electrons. The zero-order valence-corrected chi connectivity index (χ0v) is 13.6. The van der Waals surface area contributed by atoms with E-state index < -0.39 is 0 Å². The maximum Gasteiger partial charge on any atom is 0.0460 e. The first-order valence-electron chi connectivity index (χ1n) is 7.24. The third-order valence-electron chi connectivity index (χ3n) is 3.63. The van der Waals surface area contributed by atoms with E-state index >= 15 is 0 Å². The van der Waals surface area contributed by atoms with E-state index in [1.165, 1.54) is 28.6 Å². The van der Waals surface area contributed by atoms with Gasteiger partial charge in [0, 0.05) is 27.1 Å². The van der Waals surface area contributed by atoms with Gasteiger partial charge in [-0.3, -0.25) is 0 Å². The molecule has 0 fully saturated rings. The number of aromatic nitrogens is 1. The van der Waals surface area contributed by atoms with Crippen LogP contribution in [-0.2, 0) is 6.42 Å². The second-order valence-corrected chi connectivity index (χ2v) is 5.89. The fraction of sp³-hybridized carbons (Fsp3) is 0.500. The van der Waals surface area contributed by atoms with Crippen molar-refractivity contribution in [3.8, 4) is 0 Å². The van der Waals surface area contributed by atoms with Gasteiger partial charge in [0.15, 0.2) is 0 Å². The van der Waals surface area contributed by atoms with Crippen molar-refractivity contribution < 1.29 is 0 Å². The molecule has 0 aliphatic rings. The largest absolute Gasteiger partial charge is 0.358 e. The highest BCUT2D eigenvalue weighted by Gasteiger charge is 2.18. The molecule has 1 heterocycles. The number of aromatic amines is 1. The summed E-state index contributed by atoms with van der Waals surface area (Å²) in [6.07, 6.45) is 3.34. The Balaban J connectivity index is 2.51. The van der Waals surface area contributed by atoms with Crippen LogP contribution in [0.5, 0.6) is 0 Å². The molecule has 0 bridgehead atoms. The van der Waals surface area contributed by atoms with E-state index in [4.69, 9.17) is 0 Å². The average molecular weight is 323 g/mol. The van der Waals surface area contributed by atoms with E-state index in [2.05, 4.69) is 65.2 Å². The number of hydrogen-bond donors (Lipinski definition) is 2. The number of fused-ring (bicyclic) bond motifs is 1. The van der Waals surface area contributed by atoms with Crippen molar-refractivity contribution in [1.82, 2.24) is 10.3 Å². The van der Waals surface area contributed by atoms with Crippen LogP contribution in [0.25, 0.3) is 10.9 Å². The first-order valence-corrected chi connectivity index (χ1v) is 8.03. The van der Waals surface area contributed by atoms with E-state index in [-0.39, 0.29) is 0 Å². The summed E-state index contributed by atoms with van der Waals surface area (Å²) < 4.78 is 1.15. The van der Waals surface area contributed by atoms with Gasteiger partial charge in [-0.15, -0.1) is 0 Å². The van der Waals surface area contributed by atoms with Crippen LogP contribution in [0.15, 0.2) is 22.7 Å². The highest BCUT2D eigenvalue weighted by Crippen LogP contribution is 2.32. The van der Waals surface area contributed by atoms with Gasteiger partial charge in [-0.25, -0.2) is 0 Å². The third-order valence-corrected chi connectivity index (χ3v) is 4.13. The Kier molecular flexibility index (Phi) is 5.06. The molecular weight excluding hydrogens is 300 g/mol. The Hall–Kier alpha value is -0.800. The highest BCUT2D eigenvalue weighted by atomic mass is 79.9. The van der Waals surface area contributed by atoms with Crippen LogP contribution in [-0.4, -0.2) is 11.5 Å². The lowest BCUT2D eigenvalue weighted by molar-refractivity contribution is 0.518. The van der Waals surface area contributed by atoms with E-state index in [1.807, 2.05) is 0 Å². The van der Waals surface area contributed by atoms with Crippen LogP contribution in [0.3, 0.4) is 0 Å². The minimum absolute atomic E-state index is 0.443. The summed E-state index contributed by atoms with van der Waals surface area (Å²) >= 11 is 3.59. The molecule has 0 saturated carbocycles. The molecule has 19 heavy (non-hydrogen) atoms. The molecule has 1 aromatic heterocycles. The molecule has 0 saturated heterocycles. The molecule has 2 nitrogen and oxygen atoms in total. The van der Waals surface area contributed by atoms with Crippen molar-refractivity contribution >= 4 is 26.8 Å². The summed E-state index contributed by atoms with van der Waals surface area (Å²) in [7, 11) is 0. The summed E-state index contributed by atoms with van der Waals surface area (Å²) in [4.78, 5) is 3.57. The zero-order chi connectivity index (χ0) is 13.8. The van der Waals surface area contributed by atoms with Gasteiger partial charge in [-0.2, -0.15) is 0 Å². The topological polar surface area (TPSA) is 27.8 Å². The lowest BCUT2D eigenvalue weighted by Crippen LogP contribution is -2.22. The van der Waals surface area contributed by atoms with Gasteiger partial charge >= 0.3 is 0 Å². The first kappa shape index (κ1) is 14.6. The van der Waals surface area contributed by atoms with Crippen molar-refractivity contribution in [3.05, 3.63) is 33.9 Å². The summed E-state index contributed by atoms with van der Waals surface area (Å²) in [6.45, 7) is 7.76. The number of hydrogen-bond acceptors (Lipinski definition) is 1. The van der Waals surface area contributed by atoms with Gasteiger partial charge < -0.3 is 10.3 Å². The van der Waals surface area contributed by atoms with Gasteiger partial charge in [0.1, 0.15) is 0 Å². The maximum absolute atomic E-state index is 3.67. The fourth-order valence-electron chi connectivity index (χ4n) is 2.69. The first-order chi connectivity index (χ1) is 9.21. The number of nitrogens with one attached hydrogen (secondary N) is 2. The average Bonchev–Trinajstić information content (AvgIpc) is 2.78. The van der Waals surface area contributed by atoms with Crippen LogP contribution in [0.4, 0.5) is 0 Å². The van der Waals surface area contributed by atoms with Crippen molar-refractivity contribution in [3.63, 3.8) is 0 Å². The lowest BCUT2D eigenvalue weighted by atomic mass is 9.99.